The van der Waals surface area contributed by atoms with Gasteiger partial charge in [0.2, 0.25) is 5.88 Å². The van der Waals surface area contributed by atoms with Crippen LogP contribution in [0, 0.1) is 0 Å². The predicted octanol–water partition coefficient (Wildman–Crippen LogP) is 2.74. The van der Waals surface area contributed by atoms with Crippen molar-refractivity contribution in [2.45, 2.75) is 50.6 Å². The van der Waals surface area contributed by atoms with Gasteiger partial charge < -0.3 is 14.6 Å². The fourth-order valence-electron chi connectivity index (χ4n) is 2.95. The minimum absolute atomic E-state index is 0.0297. The predicted molar refractivity (Wildman–Crippen MR) is 87.0 cm³/mol. The summed E-state index contributed by atoms with van der Waals surface area (Å²) >= 11 is 0. The van der Waals surface area contributed by atoms with E-state index >= 15 is 0 Å². The van der Waals surface area contributed by atoms with Crippen molar-refractivity contribution in [2.24, 2.45) is 0 Å². The number of pyridine rings is 1. The third-order valence-electron chi connectivity index (χ3n) is 4.33. The van der Waals surface area contributed by atoms with Crippen molar-refractivity contribution < 1.29 is 32.5 Å². The number of aromatic nitrogens is 1. The second-order valence-corrected chi connectivity index (χ2v) is 6.73. The number of alkyl halides is 3. The van der Waals surface area contributed by atoms with Crippen LogP contribution in [-0.2, 0) is 9.53 Å². The molecule has 26 heavy (non-hydrogen) atoms. The van der Waals surface area contributed by atoms with E-state index in [4.69, 9.17) is 19.4 Å². The first-order valence-electron chi connectivity index (χ1n) is 8.37. The van der Waals surface area contributed by atoms with E-state index in [-0.39, 0.29) is 11.7 Å². The summed E-state index contributed by atoms with van der Waals surface area (Å²) in [5, 5.41) is 7.12. The van der Waals surface area contributed by atoms with Crippen LogP contribution in [0.5, 0.6) is 5.88 Å². The monoisotopic (exact) mass is 376 g/mol. The highest BCUT2D eigenvalue weighted by Gasteiger charge is 2.48. The van der Waals surface area contributed by atoms with Crippen molar-refractivity contribution >= 4 is 5.97 Å². The third kappa shape index (κ3) is 5.57. The van der Waals surface area contributed by atoms with Crippen LogP contribution in [0.25, 0.3) is 0 Å². The molecule has 1 aromatic heterocycles. The molecule has 0 aliphatic carbocycles. The Bertz CT molecular complexity index is 589. The van der Waals surface area contributed by atoms with Crippen LogP contribution in [0.1, 0.15) is 26.7 Å². The van der Waals surface area contributed by atoms with Gasteiger partial charge in [0.15, 0.2) is 0 Å². The maximum atomic E-state index is 10.6. The number of carboxylic acids is 1. The fourth-order valence-corrected chi connectivity index (χ4v) is 2.95. The maximum absolute atomic E-state index is 10.6. The van der Waals surface area contributed by atoms with Crippen molar-refractivity contribution in [1.29, 1.82) is 0 Å². The lowest BCUT2D eigenvalue weighted by atomic mass is 9.84. The van der Waals surface area contributed by atoms with E-state index in [1.165, 1.54) is 0 Å². The summed E-state index contributed by atoms with van der Waals surface area (Å²) in [5.74, 6) is -2.03. The second-order valence-electron chi connectivity index (χ2n) is 6.73. The summed E-state index contributed by atoms with van der Waals surface area (Å²) in [4.78, 5) is 15.6. The third-order valence-corrected chi connectivity index (χ3v) is 4.33. The molecule has 0 aromatic carbocycles. The van der Waals surface area contributed by atoms with Gasteiger partial charge in [-0.1, -0.05) is 6.07 Å². The van der Waals surface area contributed by atoms with Crippen LogP contribution in [-0.4, -0.2) is 64.6 Å². The zero-order valence-electron chi connectivity index (χ0n) is 14.7. The molecule has 3 heterocycles. The highest BCUT2D eigenvalue weighted by atomic mass is 19.4. The Morgan fingerprint density at radius 2 is 2.08 bits per heavy atom. The van der Waals surface area contributed by atoms with Crippen LogP contribution in [0.15, 0.2) is 24.4 Å². The molecule has 1 atom stereocenters. The Morgan fingerprint density at radius 3 is 2.58 bits per heavy atom. The van der Waals surface area contributed by atoms with Crippen molar-refractivity contribution in [3.05, 3.63) is 24.4 Å². The molecule has 2 saturated heterocycles. The molecule has 0 saturated carbocycles. The number of hydrogen-bond donors (Lipinski definition) is 1. The molecule has 1 unspecified atom stereocenters. The molecule has 0 radical (unpaired) electrons. The summed E-state index contributed by atoms with van der Waals surface area (Å²) < 4.78 is 43.7. The Balaban J connectivity index is 0.000000298. The van der Waals surface area contributed by atoms with Crippen molar-refractivity contribution in [3.8, 4) is 5.88 Å². The average Bonchev–Trinajstić information content (AvgIpc) is 2.53. The van der Waals surface area contributed by atoms with Crippen molar-refractivity contribution in [2.75, 3.05) is 19.7 Å². The van der Waals surface area contributed by atoms with Gasteiger partial charge in [-0.3, -0.25) is 4.90 Å². The van der Waals surface area contributed by atoms with Gasteiger partial charge in [0, 0.05) is 44.2 Å². The first-order valence-corrected chi connectivity index (χ1v) is 8.37. The molecular weight excluding hydrogens is 353 g/mol. The molecule has 2 aliphatic rings. The minimum atomic E-state index is -5.08. The van der Waals surface area contributed by atoms with Crippen LogP contribution in [0.4, 0.5) is 13.2 Å². The first-order chi connectivity index (χ1) is 12.1. The quantitative estimate of drug-likeness (QED) is 0.875. The summed E-state index contributed by atoms with van der Waals surface area (Å²) in [6.45, 7) is 7.33. The Kier molecular flexibility index (Phi) is 6.46. The number of aliphatic carboxylic acids is 1. The smallest absolute Gasteiger partial charge is 0.475 e. The van der Waals surface area contributed by atoms with Crippen molar-refractivity contribution in [1.82, 2.24) is 9.88 Å². The number of ether oxygens (including phenoxy) is 2. The SMILES string of the molecule is CC(C)N1CC2(CC(Oc3ccccn3)CCO2)C1.O=C(O)C(F)(F)F. The lowest BCUT2D eigenvalue weighted by Crippen LogP contribution is -2.67. The van der Waals surface area contributed by atoms with Gasteiger partial charge in [-0.2, -0.15) is 13.2 Å². The Labute approximate surface area is 149 Å². The van der Waals surface area contributed by atoms with Crippen LogP contribution >= 0.6 is 0 Å². The summed E-state index contributed by atoms with van der Waals surface area (Å²) in [6, 6.07) is 6.39. The molecule has 6 nitrogen and oxygen atoms in total. The summed E-state index contributed by atoms with van der Waals surface area (Å²) in [5.41, 5.74) is 0.0297. The molecule has 1 spiro atoms. The number of rotatable bonds is 3. The van der Waals surface area contributed by atoms with Gasteiger partial charge in [-0.15, -0.1) is 0 Å². The largest absolute Gasteiger partial charge is 0.490 e. The standard InChI is InChI=1S/C15H22N2O2.C2HF3O2/c1-12(2)17-10-15(11-17)9-13(6-8-18-15)19-14-5-3-4-7-16-14;3-2(4,5)1(6)7/h3-5,7,12-13H,6,8-11H2,1-2H3;(H,6,7). The Hall–Kier alpha value is -1.87. The molecule has 1 N–H and O–H groups in total. The van der Waals surface area contributed by atoms with E-state index in [0.717, 1.165) is 38.4 Å². The molecule has 2 aliphatic heterocycles. The van der Waals surface area contributed by atoms with E-state index in [1.807, 2.05) is 18.2 Å². The number of nitrogens with zero attached hydrogens (tertiary/aromatic N) is 2. The van der Waals surface area contributed by atoms with Gasteiger partial charge >= 0.3 is 12.1 Å². The summed E-state index contributed by atoms with van der Waals surface area (Å²) in [6.07, 6.45) is -1.14. The van der Waals surface area contributed by atoms with E-state index in [9.17, 15) is 13.2 Å². The van der Waals surface area contributed by atoms with Gasteiger partial charge in [0.05, 0.1) is 12.2 Å². The summed E-state index contributed by atoms with van der Waals surface area (Å²) in [7, 11) is 0. The highest BCUT2D eigenvalue weighted by Crippen LogP contribution is 2.36. The van der Waals surface area contributed by atoms with Crippen LogP contribution in [0.3, 0.4) is 0 Å². The van der Waals surface area contributed by atoms with Gasteiger partial charge in [0.25, 0.3) is 0 Å². The lowest BCUT2D eigenvalue weighted by Gasteiger charge is -2.54. The number of carboxylic acid groups (broad SMARTS) is 1. The number of halogens is 3. The van der Waals surface area contributed by atoms with Gasteiger partial charge in [-0.25, -0.2) is 9.78 Å². The molecule has 3 rings (SSSR count). The van der Waals surface area contributed by atoms with E-state index in [2.05, 4.69) is 23.7 Å². The lowest BCUT2D eigenvalue weighted by molar-refractivity contribution is -0.193. The Morgan fingerprint density at radius 1 is 1.42 bits per heavy atom. The molecular formula is C17H23F3N2O4. The van der Waals surface area contributed by atoms with Crippen molar-refractivity contribution in [3.63, 3.8) is 0 Å². The molecule has 146 valence electrons. The van der Waals surface area contributed by atoms with Crippen LogP contribution < -0.4 is 4.74 Å². The second kappa shape index (κ2) is 8.22. The zero-order chi connectivity index (χ0) is 19.4. The number of hydrogen-bond acceptors (Lipinski definition) is 5. The van der Waals surface area contributed by atoms with Gasteiger partial charge in [-0.05, 0) is 19.9 Å². The van der Waals surface area contributed by atoms with Gasteiger partial charge in [0.1, 0.15) is 6.10 Å². The maximum Gasteiger partial charge on any atom is 0.490 e. The van der Waals surface area contributed by atoms with E-state index in [0.29, 0.717) is 6.04 Å². The average molecular weight is 376 g/mol. The fraction of sp³-hybridized carbons (Fsp3) is 0.647. The zero-order valence-corrected chi connectivity index (χ0v) is 14.7. The minimum Gasteiger partial charge on any atom is -0.475 e. The van der Waals surface area contributed by atoms with E-state index in [1.54, 1.807) is 6.20 Å². The number of likely N-dealkylation sites (tertiary alicyclic amines) is 1. The first kappa shape index (κ1) is 20.4. The molecule has 2 fully saturated rings. The molecule has 9 heteroatoms. The highest BCUT2D eigenvalue weighted by molar-refractivity contribution is 5.73. The normalized spacial score (nSPS) is 22.3. The molecule has 1 aromatic rings. The molecule has 0 bridgehead atoms. The molecule has 0 amide bonds. The number of carbonyl (C=O) groups is 1. The van der Waals surface area contributed by atoms with E-state index < -0.39 is 12.1 Å². The van der Waals surface area contributed by atoms with Crippen LogP contribution in [0.2, 0.25) is 0 Å². The topological polar surface area (TPSA) is 71.9 Å².